The van der Waals surface area contributed by atoms with Gasteiger partial charge in [-0.3, -0.25) is 0 Å². The van der Waals surface area contributed by atoms with Gasteiger partial charge in [-0.25, -0.2) is 15.3 Å². The highest BCUT2D eigenvalue weighted by Crippen LogP contribution is 2.01. The minimum absolute atomic E-state index is 0.300. The molecule has 0 saturated carbocycles. The summed E-state index contributed by atoms with van der Waals surface area (Å²) in [7, 11) is 0. The highest BCUT2D eigenvalue weighted by atomic mass is 32.1. The summed E-state index contributed by atoms with van der Waals surface area (Å²) < 4.78 is 0. The maximum Gasteiger partial charge on any atom is 0.381 e. The van der Waals surface area contributed by atoms with Crippen LogP contribution in [-0.4, -0.2) is 11.0 Å². The van der Waals surface area contributed by atoms with Crippen LogP contribution in [0.1, 0.15) is 17.4 Å². The Hall–Kier alpha value is -1.36. The zero-order chi connectivity index (χ0) is 8.97. The first-order valence-corrected chi connectivity index (χ1v) is 4.15. The Labute approximate surface area is 73.8 Å². The molecule has 0 saturated heterocycles. The van der Waals surface area contributed by atoms with Crippen molar-refractivity contribution >= 4 is 17.3 Å². The lowest BCUT2D eigenvalue weighted by Gasteiger charge is -2.02. The van der Waals surface area contributed by atoms with Crippen molar-refractivity contribution in [1.82, 2.24) is 10.5 Å². The molecule has 0 aliphatic heterocycles. The number of carbonyl (C=O) groups excluding carboxylic acids is 1. The number of nitrogens with one attached hydrogen (secondary N) is 1. The van der Waals surface area contributed by atoms with E-state index in [0.29, 0.717) is 11.4 Å². The molecule has 12 heavy (non-hydrogen) atoms. The number of thiazole rings is 1. The normalized spacial score (nSPS) is 9.08. The van der Waals surface area contributed by atoms with Crippen LogP contribution in [0.2, 0.25) is 0 Å². The third kappa shape index (κ3) is 2.35. The summed E-state index contributed by atoms with van der Waals surface area (Å²) in [6.45, 7) is 5.19. The van der Waals surface area contributed by atoms with Gasteiger partial charge in [-0.2, -0.15) is 0 Å². The standard InChI is InChI=1S/C7H8N2O2S/c1-5(2)9-11-7(10)6-3-12-4-8-6/h3-4,9H,1H2,2H3. The molecular weight excluding hydrogens is 176 g/mol. The van der Waals surface area contributed by atoms with Gasteiger partial charge in [-0.05, 0) is 6.92 Å². The van der Waals surface area contributed by atoms with E-state index < -0.39 is 5.97 Å². The van der Waals surface area contributed by atoms with E-state index in [4.69, 9.17) is 0 Å². The first-order valence-electron chi connectivity index (χ1n) is 3.21. The first kappa shape index (κ1) is 8.73. The number of rotatable bonds is 3. The van der Waals surface area contributed by atoms with Gasteiger partial charge >= 0.3 is 5.97 Å². The van der Waals surface area contributed by atoms with E-state index in [-0.39, 0.29) is 0 Å². The molecule has 1 aromatic heterocycles. The van der Waals surface area contributed by atoms with Gasteiger partial charge in [0, 0.05) is 11.1 Å². The van der Waals surface area contributed by atoms with Crippen molar-refractivity contribution in [2.24, 2.45) is 0 Å². The van der Waals surface area contributed by atoms with Crippen LogP contribution in [0.15, 0.2) is 23.2 Å². The van der Waals surface area contributed by atoms with E-state index in [2.05, 4.69) is 21.9 Å². The number of hydroxylamine groups is 1. The highest BCUT2D eigenvalue weighted by molar-refractivity contribution is 7.07. The summed E-state index contributed by atoms with van der Waals surface area (Å²) in [5.74, 6) is -0.501. The largest absolute Gasteiger partial charge is 0.381 e. The van der Waals surface area contributed by atoms with Crippen LogP contribution in [0.5, 0.6) is 0 Å². The minimum Gasteiger partial charge on any atom is -0.337 e. The molecule has 0 bridgehead atoms. The summed E-state index contributed by atoms with van der Waals surface area (Å²) in [5.41, 5.74) is 4.79. The molecule has 4 nitrogen and oxygen atoms in total. The smallest absolute Gasteiger partial charge is 0.337 e. The predicted octanol–water partition coefficient (Wildman–Crippen LogP) is 1.34. The van der Waals surface area contributed by atoms with Crippen molar-refractivity contribution in [1.29, 1.82) is 0 Å². The minimum atomic E-state index is -0.501. The molecule has 0 amide bonds. The second kappa shape index (κ2) is 3.87. The number of carbonyl (C=O) groups is 1. The van der Waals surface area contributed by atoms with Crippen LogP contribution in [0.25, 0.3) is 0 Å². The fourth-order valence-corrected chi connectivity index (χ4v) is 1.02. The van der Waals surface area contributed by atoms with Crippen molar-refractivity contribution in [3.63, 3.8) is 0 Å². The molecule has 0 aromatic carbocycles. The molecule has 0 aliphatic rings. The zero-order valence-corrected chi connectivity index (χ0v) is 7.35. The number of allylic oxidation sites excluding steroid dienone is 1. The van der Waals surface area contributed by atoms with Crippen molar-refractivity contribution in [2.75, 3.05) is 0 Å². The van der Waals surface area contributed by atoms with Gasteiger partial charge in [-0.15, -0.1) is 11.3 Å². The average molecular weight is 184 g/mol. The van der Waals surface area contributed by atoms with Crippen molar-refractivity contribution in [2.45, 2.75) is 6.92 Å². The monoisotopic (exact) mass is 184 g/mol. The van der Waals surface area contributed by atoms with Gasteiger partial charge in [0.2, 0.25) is 0 Å². The molecule has 0 radical (unpaired) electrons. The summed E-state index contributed by atoms with van der Waals surface area (Å²) in [5, 5.41) is 1.61. The second-order valence-electron chi connectivity index (χ2n) is 2.15. The number of aromatic nitrogens is 1. The summed E-state index contributed by atoms with van der Waals surface area (Å²) in [4.78, 5) is 19.4. The third-order valence-corrected chi connectivity index (χ3v) is 1.55. The van der Waals surface area contributed by atoms with E-state index in [9.17, 15) is 4.79 Å². The van der Waals surface area contributed by atoms with Crippen molar-refractivity contribution in [3.8, 4) is 0 Å². The van der Waals surface area contributed by atoms with Crippen LogP contribution in [0.3, 0.4) is 0 Å². The Morgan fingerprint density at radius 1 is 1.83 bits per heavy atom. The van der Waals surface area contributed by atoms with E-state index in [0.717, 1.165) is 0 Å². The van der Waals surface area contributed by atoms with E-state index >= 15 is 0 Å². The fraction of sp³-hybridized carbons (Fsp3) is 0.143. The fourth-order valence-electron chi connectivity index (χ4n) is 0.499. The quantitative estimate of drug-likeness (QED) is 0.720. The van der Waals surface area contributed by atoms with Crippen LogP contribution >= 0.6 is 11.3 Å². The Kier molecular flexibility index (Phi) is 2.82. The Balaban J connectivity index is 2.45. The molecule has 1 aromatic rings. The lowest BCUT2D eigenvalue weighted by atomic mass is 10.5. The third-order valence-electron chi connectivity index (χ3n) is 0.959. The summed E-state index contributed by atoms with van der Waals surface area (Å²) >= 11 is 1.34. The van der Waals surface area contributed by atoms with Crippen LogP contribution in [-0.2, 0) is 4.84 Å². The molecule has 5 heteroatoms. The second-order valence-corrected chi connectivity index (χ2v) is 2.86. The topological polar surface area (TPSA) is 51.2 Å². The Morgan fingerprint density at radius 2 is 2.58 bits per heavy atom. The van der Waals surface area contributed by atoms with Gasteiger partial charge in [0.25, 0.3) is 0 Å². The molecular formula is C7H8N2O2S. The molecule has 0 atom stereocenters. The number of hydrogen-bond acceptors (Lipinski definition) is 5. The van der Waals surface area contributed by atoms with Crippen molar-refractivity contribution in [3.05, 3.63) is 28.9 Å². The van der Waals surface area contributed by atoms with Gasteiger partial charge < -0.3 is 4.84 Å². The van der Waals surface area contributed by atoms with Crippen LogP contribution in [0.4, 0.5) is 0 Å². The summed E-state index contributed by atoms with van der Waals surface area (Å²) in [6, 6.07) is 0. The number of nitrogens with zero attached hydrogens (tertiary/aromatic N) is 1. The van der Waals surface area contributed by atoms with E-state index in [1.54, 1.807) is 17.8 Å². The molecule has 0 aliphatic carbocycles. The van der Waals surface area contributed by atoms with Gasteiger partial charge in [-0.1, -0.05) is 6.58 Å². The van der Waals surface area contributed by atoms with E-state index in [1.165, 1.54) is 11.3 Å². The maximum atomic E-state index is 11.0. The van der Waals surface area contributed by atoms with Crippen molar-refractivity contribution < 1.29 is 9.63 Å². The predicted molar refractivity (Wildman–Crippen MR) is 45.5 cm³/mol. The highest BCUT2D eigenvalue weighted by Gasteiger charge is 2.08. The van der Waals surface area contributed by atoms with Gasteiger partial charge in [0.05, 0.1) is 5.51 Å². The Morgan fingerprint density at radius 3 is 3.08 bits per heavy atom. The SMILES string of the molecule is C=C(C)NOC(=O)c1cscn1. The van der Waals surface area contributed by atoms with Crippen LogP contribution in [0, 0.1) is 0 Å². The summed E-state index contributed by atoms with van der Waals surface area (Å²) in [6.07, 6.45) is 0. The zero-order valence-electron chi connectivity index (χ0n) is 6.53. The molecule has 0 unspecified atom stereocenters. The first-order chi connectivity index (χ1) is 5.70. The molecule has 0 spiro atoms. The van der Waals surface area contributed by atoms with Gasteiger partial charge in [0.1, 0.15) is 0 Å². The van der Waals surface area contributed by atoms with E-state index in [1.807, 2.05) is 0 Å². The lowest BCUT2D eigenvalue weighted by Crippen LogP contribution is -2.17. The molecule has 1 heterocycles. The molecule has 64 valence electrons. The Bertz CT molecular complexity index is 282. The average Bonchev–Trinajstić information content (AvgIpc) is 2.51. The molecule has 1 N–H and O–H groups in total. The maximum absolute atomic E-state index is 11.0. The molecule has 1 rings (SSSR count). The van der Waals surface area contributed by atoms with Gasteiger partial charge in [0.15, 0.2) is 5.69 Å². The molecule has 0 fully saturated rings. The van der Waals surface area contributed by atoms with Crippen LogP contribution < -0.4 is 5.48 Å². The number of hydrogen-bond donors (Lipinski definition) is 1. The lowest BCUT2D eigenvalue weighted by molar-refractivity contribution is 0.0319.